The quantitative estimate of drug-likeness (QED) is 0.644. The molecule has 0 aliphatic carbocycles. The first-order chi connectivity index (χ1) is 10.6. The van der Waals surface area contributed by atoms with E-state index in [0.29, 0.717) is 18.0 Å². The summed E-state index contributed by atoms with van der Waals surface area (Å²) < 4.78 is 10.4. The Hall–Kier alpha value is -2.15. The number of carbonyl (C=O) groups is 1. The van der Waals surface area contributed by atoms with Crippen LogP contribution in [0.1, 0.15) is 25.7 Å². The molecule has 7 nitrogen and oxygen atoms in total. The summed E-state index contributed by atoms with van der Waals surface area (Å²) in [5.41, 5.74) is 0.377. The Labute approximate surface area is 128 Å². The van der Waals surface area contributed by atoms with Gasteiger partial charge < -0.3 is 14.8 Å². The van der Waals surface area contributed by atoms with Gasteiger partial charge in [0.15, 0.2) is 0 Å². The Morgan fingerprint density at radius 3 is 2.82 bits per heavy atom. The minimum atomic E-state index is -0.501. The van der Waals surface area contributed by atoms with Crippen molar-refractivity contribution >= 4 is 17.3 Å². The number of benzene rings is 1. The fourth-order valence-electron chi connectivity index (χ4n) is 2.48. The topological polar surface area (TPSA) is 90.7 Å². The second kappa shape index (κ2) is 7.74. The second-order valence-electron chi connectivity index (χ2n) is 5.28. The third-order valence-electron chi connectivity index (χ3n) is 3.79. The van der Waals surface area contributed by atoms with E-state index in [2.05, 4.69) is 5.32 Å². The number of methoxy groups -OCH3 is 1. The maximum absolute atomic E-state index is 12.0. The molecule has 1 aliphatic heterocycles. The second-order valence-corrected chi connectivity index (χ2v) is 5.28. The molecule has 22 heavy (non-hydrogen) atoms. The highest BCUT2D eigenvalue weighted by molar-refractivity contribution is 5.92. The van der Waals surface area contributed by atoms with Crippen molar-refractivity contribution in [1.29, 1.82) is 0 Å². The predicted molar refractivity (Wildman–Crippen MR) is 81.1 cm³/mol. The van der Waals surface area contributed by atoms with Gasteiger partial charge in [0.2, 0.25) is 5.91 Å². The zero-order chi connectivity index (χ0) is 15.9. The molecule has 0 spiro atoms. The lowest BCUT2D eigenvalue weighted by Crippen LogP contribution is -2.19. The first kappa shape index (κ1) is 16.2. The summed E-state index contributed by atoms with van der Waals surface area (Å²) in [6.07, 6.45) is 3.23. The lowest BCUT2D eigenvalue weighted by Gasteiger charge is -2.21. The van der Waals surface area contributed by atoms with Crippen LogP contribution in [0.4, 0.5) is 11.4 Å². The Bertz CT molecular complexity index is 541. The van der Waals surface area contributed by atoms with Gasteiger partial charge in [-0.1, -0.05) is 0 Å². The highest BCUT2D eigenvalue weighted by Gasteiger charge is 2.17. The zero-order valence-electron chi connectivity index (χ0n) is 12.5. The monoisotopic (exact) mass is 308 g/mol. The number of carbonyl (C=O) groups excluding carboxylic acids is 1. The SMILES string of the molecule is COc1cc([N+](=O)[O-])ccc1NC(=O)CCC1CCOCC1. The van der Waals surface area contributed by atoms with Crippen LogP contribution in [0.5, 0.6) is 5.75 Å². The van der Waals surface area contributed by atoms with E-state index in [1.807, 2.05) is 0 Å². The molecule has 0 aromatic heterocycles. The number of anilines is 1. The largest absolute Gasteiger partial charge is 0.494 e. The van der Waals surface area contributed by atoms with Crippen LogP contribution in [-0.4, -0.2) is 31.2 Å². The molecule has 1 saturated heterocycles. The minimum absolute atomic E-state index is 0.0722. The van der Waals surface area contributed by atoms with Crippen molar-refractivity contribution in [3.63, 3.8) is 0 Å². The van der Waals surface area contributed by atoms with Crippen molar-refractivity contribution in [3.05, 3.63) is 28.3 Å². The first-order valence-electron chi connectivity index (χ1n) is 7.30. The van der Waals surface area contributed by atoms with Crippen molar-refractivity contribution in [2.24, 2.45) is 5.92 Å². The van der Waals surface area contributed by atoms with Crippen LogP contribution in [0, 0.1) is 16.0 Å². The normalized spacial score (nSPS) is 15.3. The highest BCUT2D eigenvalue weighted by atomic mass is 16.6. The number of nitrogens with one attached hydrogen (secondary N) is 1. The number of non-ortho nitro benzene ring substituents is 1. The van der Waals surface area contributed by atoms with E-state index in [4.69, 9.17) is 9.47 Å². The van der Waals surface area contributed by atoms with Crippen LogP contribution in [0.15, 0.2) is 18.2 Å². The fourth-order valence-corrected chi connectivity index (χ4v) is 2.48. The summed E-state index contributed by atoms with van der Waals surface area (Å²) in [4.78, 5) is 22.2. The van der Waals surface area contributed by atoms with Gasteiger partial charge in [-0.2, -0.15) is 0 Å². The standard InChI is InChI=1S/C15H20N2O5/c1-21-14-10-12(17(19)20)3-4-13(14)16-15(18)5-2-11-6-8-22-9-7-11/h3-4,10-11H,2,5-9H2,1H3,(H,16,18). The molecular weight excluding hydrogens is 288 g/mol. The van der Waals surface area contributed by atoms with Crippen molar-refractivity contribution < 1.29 is 19.2 Å². The highest BCUT2D eigenvalue weighted by Crippen LogP contribution is 2.29. The number of ether oxygens (including phenoxy) is 2. The molecule has 0 bridgehead atoms. The molecule has 0 unspecified atom stereocenters. The van der Waals surface area contributed by atoms with E-state index in [-0.39, 0.29) is 17.3 Å². The van der Waals surface area contributed by atoms with Crippen LogP contribution in [0.2, 0.25) is 0 Å². The number of amides is 1. The lowest BCUT2D eigenvalue weighted by molar-refractivity contribution is -0.384. The van der Waals surface area contributed by atoms with Crippen LogP contribution < -0.4 is 10.1 Å². The smallest absolute Gasteiger partial charge is 0.273 e. The van der Waals surface area contributed by atoms with Crippen molar-refractivity contribution in [2.75, 3.05) is 25.6 Å². The van der Waals surface area contributed by atoms with Gasteiger partial charge in [-0.25, -0.2) is 0 Å². The van der Waals surface area contributed by atoms with Gasteiger partial charge >= 0.3 is 0 Å². The van der Waals surface area contributed by atoms with Gasteiger partial charge in [-0.15, -0.1) is 0 Å². The van der Waals surface area contributed by atoms with Crippen LogP contribution >= 0.6 is 0 Å². The molecule has 1 aliphatic rings. The van der Waals surface area contributed by atoms with E-state index in [0.717, 1.165) is 32.5 Å². The van der Waals surface area contributed by atoms with Crippen LogP contribution in [-0.2, 0) is 9.53 Å². The van der Waals surface area contributed by atoms with E-state index in [1.165, 1.54) is 25.3 Å². The summed E-state index contributed by atoms with van der Waals surface area (Å²) in [5.74, 6) is 0.700. The Morgan fingerprint density at radius 1 is 1.45 bits per heavy atom. The Kier molecular flexibility index (Phi) is 5.71. The predicted octanol–water partition coefficient (Wildman–Crippen LogP) is 2.75. The molecule has 1 fully saturated rings. The Morgan fingerprint density at radius 2 is 2.18 bits per heavy atom. The van der Waals surface area contributed by atoms with Gasteiger partial charge in [0, 0.05) is 25.7 Å². The van der Waals surface area contributed by atoms with E-state index >= 15 is 0 Å². The van der Waals surface area contributed by atoms with E-state index in [9.17, 15) is 14.9 Å². The van der Waals surface area contributed by atoms with Crippen molar-refractivity contribution in [1.82, 2.24) is 0 Å². The number of nitro benzene ring substituents is 1. The molecule has 1 aromatic rings. The van der Waals surface area contributed by atoms with Gasteiger partial charge in [0.1, 0.15) is 5.75 Å². The molecule has 1 N–H and O–H groups in total. The molecule has 1 aromatic carbocycles. The molecule has 2 rings (SSSR count). The van der Waals surface area contributed by atoms with Crippen LogP contribution in [0.25, 0.3) is 0 Å². The third kappa shape index (κ3) is 4.42. The number of hydrogen-bond donors (Lipinski definition) is 1. The Balaban J connectivity index is 1.91. The average molecular weight is 308 g/mol. The van der Waals surface area contributed by atoms with Crippen LogP contribution in [0.3, 0.4) is 0 Å². The molecule has 120 valence electrons. The van der Waals surface area contributed by atoms with Gasteiger partial charge in [0.25, 0.3) is 5.69 Å². The van der Waals surface area contributed by atoms with Crippen molar-refractivity contribution in [2.45, 2.75) is 25.7 Å². The molecule has 0 saturated carbocycles. The summed E-state index contributed by atoms with van der Waals surface area (Å²) in [5, 5.41) is 13.5. The maximum atomic E-state index is 12.0. The zero-order valence-corrected chi connectivity index (χ0v) is 12.5. The number of nitrogens with zero attached hydrogens (tertiary/aromatic N) is 1. The summed E-state index contributed by atoms with van der Waals surface area (Å²) in [7, 11) is 1.41. The molecule has 1 amide bonds. The van der Waals surface area contributed by atoms with Crippen molar-refractivity contribution in [3.8, 4) is 5.75 Å². The molecular formula is C15H20N2O5. The lowest BCUT2D eigenvalue weighted by atomic mass is 9.95. The van der Waals surface area contributed by atoms with Gasteiger partial charge in [0.05, 0.1) is 23.8 Å². The fraction of sp³-hybridized carbons (Fsp3) is 0.533. The maximum Gasteiger partial charge on any atom is 0.273 e. The summed E-state index contributed by atoms with van der Waals surface area (Å²) >= 11 is 0. The molecule has 7 heteroatoms. The number of nitro groups is 1. The number of rotatable bonds is 6. The minimum Gasteiger partial charge on any atom is -0.494 e. The van der Waals surface area contributed by atoms with E-state index in [1.54, 1.807) is 0 Å². The number of hydrogen-bond acceptors (Lipinski definition) is 5. The summed E-state index contributed by atoms with van der Waals surface area (Å²) in [6.45, 7) is 1.53. The molecule has 0 atom stereocenters. The summed E-state index contributed by atoms with van der Waals surface area (Å²) in [6, 6.07) is 4.13. The van der Waals surface area contributed by atoms with Gasteiger partial charge in [-0.05, 0) is 31.2 Å². The van der Waals surface area contributed by atoms with E-state index < -0.39 is 4.92 Å². The molecule has 0 radical (unpaired) electrons. The average Bonchev–Trinajstić information content (AvgIpc) is 2.54. The third-order valence-corrected chi connectivity index (χ3v) is 3.79. The van der Waals surface area contributed by atoms with Gasteiger partial charge in [-0.3, -0.25) is 14.9 Å². The first-order valence-corrected chi connectivity index (χ1v) is 7.30. The molecule has 1 heterocycles.